The minimum absolute atomic E-state index is 0.119. The van der Waals surface area contributed by atoms with E-state index in [9.17, 15) is 4.80 Å². The number of para-hydroxylation sites is 1. The van der Waals surface area contributed by atoms with Gasteiger partial charge in [-0.2, -0.15) is 0 Å². The Hall–Kier alpha value is -1.58. The van der Waals surface area contributed by atoms with Crippen molar-refractivity contribution in [3.8, 4) is 5.75 Å². The number of hydrogen-bond donors (Lipinski definition) is 1. The first-order valence-corrected chi connectivity index (χ1v) is 11.7. The van der Waals surface area contributed by atoms with Crippen LogP contribution in [0.15, 0.2) is 54.6 Å². The van der Waals surface area contributed by atoms with Crippen LogP contribution in [-0.4, -0.2) is 13.4 Å². The average molecular weight is 371 g/mol. The molecule has 0 aliphatic heterocycles. The molecule has 2 rings (SSSR count). The van der Waals surface area contributed by atoms with Gasteiger partial charge in [-0.1, -0.05) is 84.0 Å². The van der Waals surface area contributed by atoms with Crippen LogP contribution in [0, 0.1) is 0 Å². The van der Waals surface area contributed by atoms with Crippen LogP contribution in [0.3, 0.4) is 0 Å². The Morgan fingerprint density at radius 3 is 2.00 bits per heavy atom. The van der Waals surface area contributed by atoms with Crippen LogP contribution in [0.1, 0.15) is 66.4 Å². The van der Waals surface area contributed by atoms with Crippen molar-refractivity contribution in [3.05, 3.63) is 60.2 Å². The third-order valence-corrected chi connectivity index (χ3v) is 10.1. The highest BCUT2D eigenvalue weighted by Crippen LogP contribution is 2.40. The van der Waals surface area contributed by atoms with Crippen LogP contribution in [0.5, 0.6) is 5.75 Å². The molecular formula is C23H34O2Si. The second kappa shape index (κ2) is 7.97. The second-order valence-corrected chi connectivity index (χ2v) is 11.6. The molecular weight excluding hydrogens is 336 g/mol. The highest BCUT2D eigenvalue weighted by atomic mass is 28.4. The van der Waals surface area contributed by atoms with E-state index in [1.807, 2.05) is 36.4 Å². The standard InChI is InChI=1S/C23H34O2Si/c1-7-22(4,5)26(24,25-20-15-11-10-12-16-20)21-17-13-14-19(18-21)23(6,8-2)9-3/h10-18,24H,7-9H2,1-6H3. The van der Waals surface area contributed by atoms with Gasteiger partial charge in [0.1, 0.15) is 5.75 Å². The van der Waals surface area contributed by atoms with Crippen molar-refractivity contribution in [2.45, 2.75) is 71.3 Å². The molecule has 2 aromatic rings. The SMILES string of the molecule is CCC(C)(CC)c1cccc([Si](O)(Oc2ccccc2)C(C)(C)CC)c1. The maximum atomic E-state index is 11.9. The molecule has 0 saturated carbocycles. The molecule has 1 N–H and O–H groups in total. The molecule has 1 atom stereocenters. The van der Waals surface area contributed by atoms with E-state index in [1.54, 1.807) is 0 Å². The molecule has 3 heteroatoms. The Balaban J connectivity index is 2.56. The van der Waals surface area contributed by atoms with Gasteiger partial charge in [0.05, 0.1) is 0 Å². The molecule has 0 radical (unpaired) electrons. The van der Waals surface area contributed by atoms with Gasteiger partial charge >= 0.3 is 8.56 Å². The van der Waals surface area contributed by atoms with Crippen LogP contribution >= 0.6 is 0 Å². The van der Waals surface area contributed by atoms with Crippen LogP contribution in [0.4, 0.5) is 0 Å². The van der Waals surface area contributed by atoms with Gasteiger partial charge in [-0.25, -0.2) is 0 Å². The van der Waals surface area contributed by atoms with E-state index in [2.05, 4.69) is 59.7 Å². The molecule has 0 saturated heterocycles. The molecule has 0 aliphatic carbocycles. The lowest BCUT2D eigenvalue weighted by Gasteiger charge is -2.39. The molecule has 0 aliphatic rings. The minimum Gasteiger partial charge on any atom is -0.517 e. The summed E-state index contributed by atoms with van der Waals surface area (Å²) in [5, 5.41) is 0.648. The molecule has 0 heterocycles. The Morgan fingerprint density at radius 2 is 1.46 bits per heavy atom. The lowest BCUT2D eigenvalue weighted by molar-refractivity contribution is 0.332. The van der Waals surface area contributed by atoms with Gasteiger partial charge in [0.25, 0.3) is 0 Å². The van der Waals surface area contributed by atoms with Gasteiger partial charge in [-0.05, 0) is 42.4 Å². The fraction of sp³-hybridized carbons (Fsp3) is 0.478. The fourth-order valence-corrected chi connectivity index (χ4v) is 6.06. The van der Waals surface area contributed by atoms with Crippen LogP contribution in [0.2, 0.25) is 5.04 Å². The molecule has 0 aromatic heterocycles. The van der Waals surface area contributed by atoms with Gasteiger partial charge < -0.3 is 9.22 Å². The maximum absolute atomic E-state index is 11.9. The predicted molar refractivity (Wildman–Crippen MR) is 113 cm³/mol. The van der Waals surface area contributed by atoms with Gasteiger partial charge in [-0.15, -0.1) is 0 Å². The summed E-state index contributed by atoms with van der Waals surface area (Å²) in [6.07, 6.45) is 3.00. The topological polar surface area (TPSA) is 29.5 Å². The van der Waals surface area contributed by atoms with Gasteiger partial charge in [0.15, 0.2) is 0 Å². The zero-order valence-corrected chi connectivity index (χ0v) is 18.2. The predicted octanol–water partition coefficient (Wildman–Crippen LogP) is 5.68. The second-order valence-electron chi connectivity index (χ2n) is 8.15. The number of benzene rings is 2. The largest absolute Gasteiger partial charge is 0.517 e. The smallest absolute Gasteiger partial charge is 0.436 e. The Bertz CT molecular complexity index is 707. The van der Waals surface area contributed by atoms with Crippen LogP contribution in [-0.2, 0) is 5.41 Å². The summed E-state index contributed by atoms with van der Waals surface area (Å²) in [5.74, 6) is 0.738. The summed E-state index contributed by atoms with van der Waals surface area (Å²) in [4.78, 5) is 11.9. The Labute approximate surface area is 160 Å². The van der Waals surface area contributed by atoms with Crippen molar-refractivity contribution in [2.75, 3.05) is 0 Å². The van der Waals surface area contributed by atoms with Crippen LogP contribution in [0.25, 0.3) is 0 Å². The summed E-state index contributed by atoms with van der Waals surface area (Å²) < 4.78 is 6.37. The summed E-state index contributed by atoms with van der Waals surface area (Å²) in [6.45, 7) is 13.1. The quantitative estimate of drug-likeness (QED) is 0.606. The third kappa shape index (κ3) is 3.89. The summed E-state index contributed by atoms with van der Waals surface area (Å²) >= 11 is 0. The first-order chi connectivity index (χ1) is 12.2. The normalized spacial score (nSPS) is 14.7. The number of hydrogen-bond acceptors (Lipinski definition) is 2. The van der Waals surface area contributed by atoms with E-state index in [1.165, 1.54) is 5.56 Å². The maximum Gasteiger partial charge on any atom is 0.436 e. The first-order valence-electron chi connectivity index (χ1n) is 9.80. The van der Waals surface area contributed by atoms with E-state index in [-0.39, 0.29) is 10.5 Å². The molecule has 1 unspecified atom stereocenters. The third-order valence-electron chi connectivity index (χ3n) is 6.32. The zero-order valence-electron chi connectivity index (χ0n) is 17.2. The van der Waals surface area contributed by atoms with Gasteiger partial charge in [0, 0.05) is 10.2 Å². The molecule has 0 amide bonds. The molecule has 0 fully saturated rings. The van der Waals surface area contributed by atoms with Crippen molar-refractivity contribution in [1.82, 2.24) is 0 Å². The number of rotatable bonds is 8. The zero-order chi connectivity index (χ0) is 19.4. The average Bonchev–Trinajstić information content (AvgIpc) is 2.68. The van der Waals surface area contributed by atoms with Crippen molar-refractivity contribution in [1.29, 1.82) is 0 Å². The first kappa shape index (κ1) is 20.7. The van der Waals surface area contributed by atoms with Crippen molar-refractivity contribution >= 4 is 13.7 Å². The van der Waals surface area contributed by atoms with Crippen LogP contribution < -0.4 is 9.61 Å². The van der Waals surface area contributed by atoms with Crippen molar-refractivity contribution in [3.63, 3.8) is 0 Å². The molecule has 2 aromatic carbocycles. The molecule has 0 bridgehead atoms. The summed E-state index contributed by atoms with van der Waals surface area (Å²) in [6, 6.07) is 18.2. The molecule has 26 heavy (non-hydrogen) atoms. The fourth-order valence-electron chi connectivity index (χ4n) is 3.25. The summed E-state index contributed by atoms with van der Waals surface area (Å²) in [7, 11) is -3.23. The monoisotopic (exact) mass is 370 g/mol. The lowest BCUT2D eigenvalue weighted by atomic mass is 9.78. The Morgan fingerprint density at radius 1 is 0.846 bits per heavy atom. The molecule has 0 spiro atoms. The van der Waals surface area contributed by atoms with E-state index in [4.69, 9.17) is 4.43 Å². The van der Waals surface area contributed by atoms with E-state index in [0.717, 1.165) is 30.2 Å². The minimum atomic E-state index is -3.23. The highest BCUT2D eigenvalue weighted by molar-refractivity contribution is 6.83. The Kier molecular flexibility index (Phi) is 6.36. The van der Waals surface area contributed by atoms with E-state index < -0.39 is 8.56 Å². The molecule has 2 nitrogen and oxygen atoms in total. The molecule has 142 valence electrons. The summed E-state index contributed by atoms with van der Waals surface area (Å²) in [5.41, 5.74) is 1.41. The van der Waals surface area contributed by atoms with E-state index in [0.29, 0.717) is 0 Å². The van der Waals surface area contributed by atoms with E-state index >= 15 is 0 Å². The lowest BCUT2D eigenvalue weighted by Crippen LogP contribution is -2.61. The van der Waals surface area contributed by atoms with Crippen molar-refractivity contribution in [2.24, 2.45) is 0 Å². The highest BCUT2D eigenvalue weighted by Gasteiger charge is 2.52. The van der Waals surface area contributed by atoms with Gasteiger partial charge in [0.2, 0.25) is 0 Å². The van der Waals surface area contributed by atoms with Gasteiger partial charge in [-0.3, -0.25) is 0 Å². The van der Waals surface area contributed by atoms with Crippen molar-refractivity contribution < 1.29 is 9.22 Å².